The molecule has 0 aliphatic carbocycles. The minimum atomic E-state index is -1.76. The smallest absolute Gasteiger partial charge is 0.303 e. The van der Waals surface area contributed by atoms with Crippen LogP contribution in [-0.2, 0) is 85.7 Å². The number of carbonyl (C=O) groups excluding carboxylic acids is 7. The first kappa shape index (κ1) is 37.3. The third kappa shape index (κ3) is 11.2. The molecule has 2 saturated heterocycles. The van der Waals surface area contributed by atoms with Crippen LogP contribution in [0.2, 0.25) is 0 Å². The first-order valence-electron chi connectivity index (χ1n) is 13.7. The highest BCUT2D eigenvalue weighted by atomic mass is 16.8. The van der Waals surface area contributed by atoms with Gasteiger partial charge in [-0.25, -0.2) is 0 Å². The summed E-state index contributed by atoms with van der Waals surface area (Å²) in [4.78, 5) is 84.0. The van der Waals surface area contributed by atoms with Gasteiger partial charge in [-0.1, -0.05) is 0 Å². The topological polar surface area (TPSA) is 221 Å². The fourth-order valence-corrected chi connectivity index (χ4v) is 4.66. The maximum atomic E-state index is 12.2. The fraction of sp³-hybridized carbons (Fsp3) is 0.741. The normalized spacial score (nSPS) is 31.0. The molecule has 0 spiro atoms. The van der Waals surface area contributed by atoms with Gasteiger partial charge in [0, 0.05) is 55.6 Å². The molecule has 2 heterocycles. The SMILES string of the molecule is CO[C@H]1O[C@H](COC(C)=O)[C@H](O[C@@H]2O[C@H](COC(C)=O)[C@@H](OC(C)=O)[C@H](OC(C)=O)[C@H]2OC(C)=O)[C@H](OC(C)=O)[C@H]1OC(C)=O. The zero-order valence-electron chi connectivity index (χ0n) is 26.0. The van der Waals surface area contributed by atoms with Gasteiger partial charge in [-0.2, -0.15) is 0 Å². The summed E-state index contributed by atoms with van der Waals surface area (Å²) in [6, 6.07) is 0. The first-order chi connectivity index (χ1) is 21.0. The minimum Gasteiger partial charge on any atom is -0.463 e. The Morgan fingerprint density at radius 1 is 0.444 bits per heavy atom. The maximum absolute atomic E-state index is 12.2. The zero-order chi connectivity index (χ0) is 34.0. The second-order valence-corrected chi connectivity index (χ2v) is 9.90. The number of carbonyl (C=O) groups is 7. The van der Waals surface area contributed by atoms with Crippen molar-refractivity contribution in [3.05, 3.63) is 0 Å². The third-order valence-electron chi connectivity index (χ3n) is 6.12. The minimum absolute atomic E-state index is 0.504. The number of ether oxygens (including phenoxy) is 11. The predicted octanol–water partition coefficient (Wildman–Crippen LogP) is -0.747. The lowest BCUT2D eigenvalue weighted by Gasteiger charge is -2.48. The molecule has 45 heavy (non-hydrogen) atoms. The molecule has 0 N–H and O–H groups in total. The largest absolute Gasteiger partial charge is 0.463 e. The van der Waals surface area contributed by atoms with Crippen LogP contribution < -0.4 is 0 Å². The van der Waals surface area contributed by atoms with Gasteiger partial charge in [0.1, 0.15) is 31.5 Å². The molecule has 18 nitrogen and oxygen atoms in total. The molecule has 254 valence electrons. The van der Waals surface area contributed by atoms with Gasteiger partial charge in [-0.15, -0.1) is 0 Å². The Labute approximate surface area is 258 Å². The molecule has 0 aromatic carbocycles. The van der Waals surface area contributed by atoms with Crippen molar-refractivity contribution in [1.82, 2.24) is 0 Å². The van der Waals surface area contributed by atoms with Crippen molar-refractivity contribution >= 4 is 41.8 Å². The molecular formula is C27H38O18. The highest BCUT2D eigenvalue weighted by Gasteiger charge is 2.57. The quantitative estimate of drug-likeness (QED) is 0.187. The van der Waals surface area contributed by atoms with E-state index < -0.39 is 116 Å². The highest BCUT2D eigenvalue weighted by Crippen LogP contribution is 2.35. The van der Waals surface area contributed by atoms with Crippen LogP contribution in [0.25, 0.3) is 0 Å². The summed E-state index contributed by atoms with van der Waals surface area (Å²) in [6.45, 7) is 6.44. The van der Waals surface area contributed by atoms with Gasteiger partial charge in [0.2, 0.25) is 0 Å². The van der Waals surface area contributed by atoms with Crippen molar-refractivity contribution in [3.8, 4) is 0 Å². The van der Waals surface area contributed by atoms with Crippen LogP contribution in [0.4, 0.5) is 0 Å². The summed E-state index contributed by atoms with van der Waals surface area (Å²) in [5.74, 6) is -5.76. The Bertz CT molecular complexity index is 1110. The van der Waals surface area contributed by atoms with Gasteiger partial charge in [0.25, 0.3) is 0 Å². The van der Waals surface area contributed by atoms with Crippen molar-refractivity contribution in [2.45, 2.75) is 110 Å². The van der Waals surface area contributed by atoms with Crippen LogP contribution in [-0.4, -0.2) is 124 Å². The van der Waals surface area contributed by atoms with Crippen LogP contribution in [0.5, 0.6) is 0 Å². The van der Waals surface area contributed by atoms with Crippen molar-refractivity contribution in [1.29, 1.82) is 0 Å². The summed E-state index contributed by atoms with van der Waals surface area (Å²) in [6.07, 6.45) is -15.0. The number of esters is 7. The molecule has 10 atom stereocenters. The molecule has 18 heteroatoms. The van der Waals surface area contributed by atoms with Gasteiger partial charge in [0.15, 0.2) is 43.1 Å². The summed E-state index contributed by atoms with van der Waals surface area (Å²) in [5.41, 5.74) is 0. The lowest BCUT2D eigenvalue weighted by atomic mass is 9.96. The predicted molar refractivity (Wildman–Crippen MR) is 140 cm³/mol. The van der Waals surface area contributed by atoms with Crippen LogP contribution in [0.1, 0.15) is 48.5 Å². The summed E-state index contributed by atoms with van der Waals surface area (Å²) in [7, 11) is 1.22. The Balaban J connectivity index is 2.69. The van der Waals surface area contributed by atoms with Gasteiger partial charge in [-0.05, 0) is 0 Å². The second kappa shape index (κ2) is 17.0. The Kier molecular flexibility index (Phi) is 14.1. The lowest BCUT2D eigenvalue weighted by molar-refractivity contribution is -0.359. The molecule has 0 saturated carbocycles. The van der Waals surface area contributed by atoms with E-state index in [2.05, 4.69) is 0 Å². The Hall–Kier alpha value is -3.87. The molecule has 2 aliphatic heterocycles. The maximum Gasteiger partial charge on any atom is 0.303 e. The van der Waals surface area contributed by atoms with E-state index in [1.807, 2.05) is 0 Å². The van der Waals surface area contributed by atoms with Crippen molar-refractivity contribution in [2.75, 3.05) is 20.3 Å². The highest BCUT2D eigenvalue weighted by molar-refractivity contribution is 5.69. The van der Waals surface area contributed by atoms with Gasteiger partial charge in [-0.3, -0.25) is 33.6 Å². The Morgan fingerprint density at radius 3 is 1.18 bits per heavy atom. The first-order valence-corrected chi connectivity index (χ1v) is 13.7. The number of methoxy groups -OCH3 is 1. The van der Waals surface area contributed by atoms with Crippen LogP contribution in [0.15, 0.2) is 0 Å². The van der Waals surface area contributed by atoms with E-state index in [-0.39, 0.29) is 0 Å². The van der Waals surface area contributed by atoms with Gasteiger partial charge >= 0.3 is 41.8 Å². The summed E-state index contributed by atoms with van der Waals surface area (Å²) < 4.78 is 60.6. The molecule has 0 amide bonds. The van der Waals surface area contributed by atoms with Crippen molar-refractivity contribution < 1.29 is 85.7 Å². The average molecular weight is 651 g/mol. The zero-order valence-corrected chi connectivity index (χ0v) is 26.0. The lowest BCUT2D eigenvalue weighted by Crippen LogP contribution is -2.67. The van der Waals surface area contributed by atoms with E-state index in [0.29, 0.717) is 0 Å². The Morgan fingerprint density at radius 2 is 0.778 bits per heavy atom. The van der Waals surface area contributed by atoms with E-state index in [1.165, 1.54) is 7.11 Å². The fourth-order valence-electron chi connectivity index (χ4n) is 4.66. The van der Waals surface area contributed by atoms with Crippen LogP contribution in [0.3, 0.4) is 0 Å². The molecule has 0 unspecified atom stereocenters. The monoisotopic (exact) mass is 650 g/mol. The standard InChI is InChI=1S/C27H38O18/c1-11(28)36-9-18-20(38-13(3)30)22(39-14(4)31)25(42-17(7)34)27(44-18)45-21-19(10-37-12(2)29)43-26(35-8)24(41-16(6)33)23(21)40-15(5)32/h18-27H,9-10H2,1-8H3/t18-,19-,20-,21+,22+,23+,24-,25-,26+,27+/m1/s1. The average Bonchev–Trinajstić information content (AvgIpc) is 2.90. The third-order valence-corrected chi connectivity index (χ3v) is 6.12. The van der Waals surface area contributed by atoms with E-state index >= 15 is 0 Å². The van der Waals surface area contributed by atoms with Crippen LogP contribution in [0, 0.1) is 0 Å². The summed E-state index contributed by atoms with van der Waals surface area (Å²) >= 11 is 0. The van der Waals surface area contributed by atoms with E-state index in [4.69, 9.17) is 52.1 Å². The van der Waals surface area contributed by atoms with E-state index in [0.717, 1.165) is 48.5 Å². The van der Waals surface area contributed by atoms with Gasteiger partial charge in [0.05, 0.1) is 0 Å². The summed E-state index contributed by atoms with van der Waals surface area (Å²) in [5, 5.41) is 0. The van der Waals surface area contributed by atoms with Gasteiger partial charge < -0.3 is 52.1 Å². The van der Waals surface area contributed by atoms with Crippen LogP contribution >= 0.6 is 0 Å². The van der Waals surface area contributed by atoms with E-state index in [9.17, 15) is 33.6 Å². The van der Waals surface area contributed by atoms with Crippen molar-refractivity contribution in [2.24, 2.45) is 0 Å². The molecule has 0 aromatic heterocycles. The second-order valence-electron chi connectivity index (χ2n) is 9.90. The van der Waals surface area contributed by atoms with Crippen molar-refractivity contribution in [3.63, 3.8) is 0 Å². The molecule has 2 aliphatic rings. The molecule has 2 fully saturated rings. The number of hydrogen-bond donors (Lipinski definition) is 0. The number of hydrogen-bond acceptors (Lipinski definition) is 18. The van der Waals surface area contributed by atoms with E-state index in [1.54, 1.807) is 0 Å². The number of rotatable bonds is 12. The molecular weight excluding hydrogens is 612 g/mol. The molecule has 0 aromatic rings. The molecule has 2 rings (SSSR count). The molecule has 0 bridgehead atoms. The molecule has 0 radical (unpaired) electrons.